The molecule has 0 saturated carbocycles. The summed E-state index contributed by atoms with van der Waals surface area (Å²) < 4.78 is 18.7. The lowest BCUT2D eigenvalue weighted by Crippen LogP contribution is -2.52. The Morgan fingerprint density at radius 3 is 2.50 bits per heavy atom. The van der Waals surface area contributed by atoms with E-state index in [4.69, 9.17) is 4.74 Å². The maximum absolute atomic E-state index is 13.8. The number of ether oxygens (including phenoxy) is 1. The van der Waals surface area contributed by atoms with Gasteiger partial charge >= 0.3 is 0 Å². The van der Waals surface area contributed by atoms with Crippen LogP contribution in [-0.4, -0.2) is 73.4 Å². The van der Waals surface area contributed by atoms with Crippen molar-refractivity contribution in [3.63, 3.8) is 0 Å². The third kappa shape index (κ3) is 4.88. The fraction of sp³-hybridized carbons (Fsp3) is 0.400. The van der Waals surface area contributed by atoms with E-state index in [1.54, 1.807) is 21.9 Å². The molecule has 1 aromatic heterocycles. The van der Waals surface area contributed by atoms with E-state index in [1.165, 1.54) is 24.5 Å². The van der Waals surface area contributed by atoms with E-state index in [-0.39, 0.29) is 24.1 Å². The molecule has 1 aliphatic heterocycles. The van der Waals surface area contributed by atoms with Crippen LogP contribution in [0.5, 0.6) is 5.75 Å². The van der Waals surface area contributed by atoms with Crippen molar-refractivity contribution >= 4 is 23.2 Å². The van der Waals surface area contributed by atoms with E-state index in [0.717, 1.165) is 10.4 Å². The number of methoxy groups -OCH3 is 1. The molecule has 0 N–H and O–H groups in total. The van der Waals surface area contributed by atoms with Gasteiger partial charge in [-0.05, 0) is 36.2 Å². The van der Waals surface area contributed by atoms with Gasteiger partial charge in [0.05, 0.1) is 18.5 Å². The van der Waals surface area contributed by atoms with Crippen molar-refractivity contribution in [2.24, 2.45) is 0 Å². The van der Waals surface area contributed by atoms with E-state index in [2.05, 4.69) is 0 Å². The van der Waals surface area contributed by atoms with Gasteiger partial charge in [0.15, 0.2) is 11.6 Å². The van der Waals surface area contributed by atoms with Crippen LogP contribution in [0.3, 0.4) is 0 Å². The molecule has 0 spiro atoms. The van der Waals surface area contributed by atoms with Crippen molar-refractivity contribution < 1.29 is 18.7 Å². The normalized spacial score (nSPS) is 14.4. The summed E-state index contributed by atoms with van der Waals surface area (Å²) in [6.45, 7) is 2.84. The quantitative estimate of drug-likeness (QED) is 0.740. The second-order valence-electron chi connectivity index (χ2n) is 6.79. The number of rotatable bonds is 6. The molecule has 8 heteroatoms. The molecule has 1 saturated heterocycles. The average molecular weight is 405 g/mol. The van der Waals surface area contributed by atoms with Gasteiger partial charge in [0.1, 0.15) is 0 Å². The number of carbonyl (C=O) groups is 2. The Bertz CT molecular complexity index is 820. The van der Waals surface area contributed by atoms with Gasteiger partial charge in [0, 0.05) is 32.7 Å². The first kappa shape index (κ1) is 20.3. The van der Waals surface area contributed by atoms with Gasteiger partial charge in [-0.1, -0.05) is 12.1 Å². The second-order valence-corrected chi connectivity index (χ2v) is 7.74. The summed E-state index contributed by atoms with van der Waals surface area (Å²) in [5, 5.41) is 1.89. The monoisotopic (exact) mass is 405 g/mol. The van der Waals surface area contributed by atoms with Crippen LogP contribution in [-0.2, 0) is 11.3 Å². The van der Waals surface area contributed by atoms with E-state index >= 15 is 0 Å². The van der Waals surface area contributed by atoms with Gasteiger partial charge < -0.3 is 14.5 Å². The Hall–Kier alpha value is -2.45. The number of amides is 2. The molecule has 2 aromatic rings. The molecule has 1 aromatic carbocycles. The Morgan fingerprint density at radius 1 is 1.18 bits per heavy atom. The highest BCUT2D eigenvalue weighted by Gasteiger charge is 2.25. The maximum Gasteiger partial charge on any atom is 0.264 e. The van der Waals surface area contributed by atoms with E-state index in [0.29, 0.717) is 32.7 Å². The molecule has 0 bridgehead atoms. The summed E-state index contributed by atoms with van der Waals surface area (Å²) in [7, 11) is 3.26. The minimum atomic E-state index is -0.411. The fourth-order valence-corrected chi connectivity index (χ4v) is 3.91. The summed E-state index contributed by atoms with van der Waals surface area (Å²) in [4.78, 5) is 31.1. The van der Waals surface area contributed by atoms with Gasteiger partial charge in [-0.3, -0.25) is 14.5 Å². The molecule has 0 radical (unpaired) electrons. The van der Waals surface area contributed by atoms with Crippen LogP contribution in [0.15, 0.2) is 35.7 Å². The molecular formula is C20H24FN3O3S. The van der Waals surface area contributed by atoms with Crippen molar-refractivity contribution in [1.29, 1.82) is 0 Å². The number of benzene rings is 1. The van der Waals surface area contributed by atoms with Crippen LogP contribution in [0.1, 0.15) is 15.2 Å². The van der Waals surface area contributed by atoms with Crippen LogP contribution in [0.25, 0.3) is 0 Å². The molecule has 0 unspecified atom stereocenters. The van der Waals surface area contributed by atoms with Crippen molar-refractivity contribution in [3.8, 4) is 5.75 Å². The van der Waals surface area contributed by atoms with Gasteiger partial charge in [-0.15, -0.1) is 11.3 Å². The lowest BCUT2D eigenvalue weighted by atomic mass is 10.2. The van der Waals surface area contributed by atoms with E-state index < -0.39 is 5.82 Å². The van der Waals surface area contributed by atoms with E-state index in [9.17, 15) is 14.0 Å². The number of thiophene rings is 1. The van der Waals surface area contributed by atoms with Crippen LogP contribution < -0.4 is 4.74 Å². The zero-order chi connectivity index (χ0) is 20.1. The smallest absolute Gasteiger partial charge is 0.264 e. The lowest BCUT2D eigenvalue weighted by Gasteiger charge is -2.35. The highest BCUT2D eigenvalue weighted by molar-refractivity contribution is 7.12. The third-order valence-corrected chi connectivity index (χ3v) is 5.58. The zero-order valence-corrected chi connectivity index (χ0v) is 16.9. The molecular weight excluding hydrogens is 381 g/mol. The van der Waals surface area contributed by atoms with Crippen molar-refractivity contribution in [1.82, 2.24) is 14.7 Å². The Morgan fingerprint density at radius 2 is 1.89 bits per heavy atom. The predicted octanol–water partition coefficient (Wildman–Crippen LogP) is 2.31. The number of hydrogen-bond donors (Lipinski definition) is 0. The fourth-order valence-electron chi connectivity index (χ4n) is 3.22. The second kappa shape index (κ2) is 9.16. The molecule has 6 nitrogen and oxygen atoms in total. The Balaban J connectivity index is 1.47. The van der Waals surface area contributed by atoms with Crippen molar-refractivity contribution in [2.45, 2.75) is 6.54 Å². The van der Waals surface area contributed by atoms with Gasteiger partial charge in [-0.2, -0.15) is 0 Å². The summed E-state index contributed by atoms with van der Waals surface area (Å²) >= 11 is 1.43. The maximum atomic E-state index is 13.8. The summed E-state index contributed by atoms with van der Waals surface area (Å²) in [6.07, 6.45) is 0. The minimum absolute atomic E-state index is 0.0136. The zero-order valence-electron chi connectivity index (χ0n) is 16.1. The largest absolute Gasteiger partial charge is 0.494 e. The van der Waals surface area contributed by atoms with Crippen LogP contribution in [0.4, 0.5) is 4.39 Å². The molecule has 0 atom stereocenters. The number of carbonyl (C=O) groups excluding carboxylic acids is 2. The molecule has 2 amide bonds. The average Bonchev–Trinajstić information content (AvgIpc) is 3.22. The number of hydrogen-bond acceptors (Lipinski definition) is 5. The predicted molar refractivity (Wildman–Crippen MR) is 106 cm³/mol. The molecule has 2 heterocycles. The molecule has 28 heavy (non-hydrogen) atoms. The number of likely N-dealkylation sites (N-methyl/N-ethyl adjacent to an activating group) is 1. The van der Waals surface area contributed by atoms with Crippen LogP contribution >= 0.6 is 11.3 Å². The van der Waals surface area contributed by atoms with Crippen molar-refractivity contribution in [2.75, 3.05) is 46.9 Å². The highest BCUT2D eigenvalue weighted by Crippen LogP contribution is 2.18. The first-order chi connectivity index (χ1) is 13.5. The minimum Gasteiger partial charge on any atom is -0.494 e. The number of piperazine rings is 1. The molecule has 1 aliphatic rings. The third-order valence-electron chi connectivity index (χ3n) is 4.73. The molecule has 0 aliphatic carbocycles. The first-order valence-corrected chi connectivity index (χ1v) is 9.97. The Labute approximate surface area is 168 Å². The summed E-state index contributed by atoms with van der Waals surface area (Å²) in [5.41, 5.74) is 0.778. The van der Waals surface area contributed by atoms with Gasteiger partial charge in [-0.25, -0.2) is 4.39 Å². The first-order valence-electron chi connectivity index (χ1n) is 9.09. The van der Waals surface area contributed by atoms with Crippen molar-refractivity contribution in [3.05, 3.63) is 52.0 Å². The molecule has 1 fully saturated rings. The van der Waals surface area contributed by atoms with E-state index in [1.807, 2.05) is 29.5 Å². The lowest BCUT2D eigenvalue weighted by molar-refractivity contribution is -0.133. The summed E-state index contributed by atoms with van der Waals surface area (Å²) in [6, 6.07) is 8.49. The van der Waals surface area contributed by atoms with Gasteiger partial charge in [0.2, 0.25) is 5.91 Å². The SMILES string of the molecule is COc1ccc(CN(C)CC(=O)N2CCN(C(=O)c3cccs3)CC2)cc1F. The van der Waals surface area contributed by atoms with Crippen LogP contribution in [0, 0.1) is 5.82 Å². The summed E-state index contributed by atoms with van der Waals surface area (Å²) in [5.74, 6) is -0.163. The van der Waals surface area contributed by atoms with Gasteiger partial charge in [0.25, 0.3) is 5.91 Å². The highest BCUT2D eigenvalue weighted by atomic mass is 32.1. The standard InChI is InChI=1S/C20H24FN3O3S/c1-22(13-15-5-6-17(27-2)16(21)12-15)14-19(25)23-7-9-24(10-8-23)20(26)18-4-3-11-28-18/h3-6,11-12H,7-10,13-14H2,1-2H3. The molecule has 3 rings (SSSR count). The number of nitrogens with zero attached hydrogens (tertiary/aromatic N) is 3. The number of halogens is 1. The Kier molecular flexibility index (Phi) is 6.64. The molecule has 150 valence electrons. The topological polar surface area (TPSA) is 53.1 Å². The van der Waals surface area contributed by atoms with Crippen LogP contribution in [0.2, 0.25) is 0 Å².